The van der Waals surface area contributed by atoms with Crippen molar-refractivity contribution in [2.45, 2.75) is 38.8 Å². The highest BCUT2D eigenvalue weighted by molar-refractivity contribution is 5.39. The summed E-state index contributed by atoms with van der Waals surface area (Å²) in [5.74, 6) is 0.971. The topological polar surface area (TPSA) is 21.3 Å². The van der Waals surface area contributed by atoms with Gasteiger partial charge in [0.15, 0.2) is 0 Å². The first kappa shape index (κ1) is 14.2. The van der Waals surface area contributed by atoms with Crippen molar-refractivity contribution in [1.29, 1.82) is 0 Å². The Balaban J connectivity index is 1.76. The number of hydrogen-bond acceptors (Lipinski definition) is 2. The highest BCUT2D eigenvalue weighted by atomic mass is 16.5. The molecule has 1 aliphatic carbocycles. The molecule has 2 aromatic rings. The van der Waals surface area contributed by atoms with Gasteiger partial charge in [-0.05, 0) is 67.6 Å². The lowest BCUT2D eigenvalue weighted by molar-refractivity contribution is 0.304. The van der Waals surface area contributed by atoms with Gasteiger partial charge in [-0.25, -0.2) is 0 Å². The van der Waals surface area contributed by atoms with Gasteiger partial charge in [0.1, 0.15) is 12.4 Å². The molecule has 0 aliphatic heterocycles. The summed E-state index contributed by atoms with van der Waals surface area (Å²) < 4.78 is 6.00. The number of ether oxygens (including phenoxy) is 1. The molecule has 0 fully saturated rings. The van der Waals surface area contributed by atoms with Gasteiger partial charge in [-0.2, -0.15) is 0 Å². The van der Waals surface area contributed by atoms with Crippen LogP contribution in [0.25, 0.3) is 0 Å². The summed E-state index contributed by atoms with van der Waals surface area (Å²) in [6.45, 7) is 2.76. The monoisotopic (exact) mass is 281 g/mol. The molecule has 1 atom stereocenters. The molecule has 3 rings (SSSR count). The van der Waals surface area contributed by atoms with Crippen LogP contribution in [-0.4, -0.2) is 7.05 Å². The van der Waals surface area contributed by atoms with Gasteiger partial charge in [0.25, 0.3) is 0 Å². The average molecular weight is 281 g/mol. The fourth-order valence-electron chi connectivity index (χ4n) is 3.10. The zero-order valence-electron chi connectivity index (χ0n) is 12.9. The van der Waals surface area contributed by atoms with E-state index in [1.807, 2.05) is 7.05 Å². The van der Waals surface area contributed by atoms with Crippen LogP contribution >= 0.6 is 0 Å². The third-order valence-corrected chi connectivity index (χ3v) is 4.44. The fraction of sp³-hybridized carbons (Fsp3) is 0.368. The minimum atomic E-state index is 0.468. The van der Waals surface area contributed by atoms with Crippen molar-refractivity contribution in [2.75, 3.05) is 7.05 Å². The summed E-state index contributed by atoms with van der Waals surface area (Å²) in [6.07, 6.45) is 3.66. The largest absolute Gasteiger partial charge is 0.489 e. The Hall–Kier alpha value is -1.80. The molecule has 0 heterocycles. The number of benzene rings is 2. The lowest BCUT2D eigenvalue weighted by Crippen LogP contribution is -2.21. The molecular formula is C19H23NO. The minimum Gasteiger partial charge on any atom is -0.489 e. The van der Waals surface area contributed by atoms with Crippen LogP contribution in [0.5, 0.6) is 5.75 Å². The van der Waals surface area contributed by atoms with E-state index in [1.165, 1.54) is 41.5 Å². The average Bonchev–Trinajstić information content (AvgIpc) is 2.53. The standard InChI is InChI=1S/C19H23NO/c1-14-6-3-4-7-16(14)13-21-17-11-10-15-8-5-9-19(20-2)18(15)12-17/h3-4,6-7,10-12,19-20H,5,8-9,13H2,1-2H3. The molecule has 0 radical (unpaired) electrons. The Morgan fingerprint density at radius 1 is 1.19 bits per heavy atom. The SMILES string of the molecule is CNC1CCCc2ccc(OCc3ccccc3C)cc21. The summed E-state index contributed by atoms with van der Waals surface area (Å²) >= 11 is 0. The highest BCUT2D eigenvalue weighted by Crippen LogP contribution is 2.32. The molecule has 2 heteroatoms. The van der Waals surface area contributed by atoms with E-state index in [0.29, 0.717) is 12.6 Å². The lowest BCUT2D eigenvalue weighted by atomic mass is 9.87. The van der Waals surface area contributed by atoms with Crippen molar-refractivity contribution in [2.24, 2.45) is 0 Å². The number of hydrogen-bond donors (Lipinski definition) is 1. The van der Waals surface area contributed by atoms with Crippen molar-refractivity contribution in [3.63, 3.8) is 0 Å². The van der Waals surface area contributed by atoms with E-state index in [4.69, 9.17) is 4.74 Å². The molecule has 0 amide bonds. The summed E-state index contributed by atoms with van der Waals surface area (Å²) in [7, 11) is 2.04. The Kier molecular flexibility index (Phi) is 4.26. The van der Waals surface area contributed by atoms with E-state index in [-0.39, 0.29) is 0 Å². The Morgan fingerprint density at radius 3 is 2.86 bits per heavy atom. The van der Waals surface area contributed by atoms with Gasteiger partial charge in [-0.3, -0.25) is 0 Å². The van der Waals surface area contributed by atoms with E-state index in [2.05, 4.69) is 54.7 Å². The van der Waals surface area contributed by atoms with Gasteiger partial charge in [0.05, 0.1) is 0 Å². The van der Waals surface area contributed by atoms with Gasteiger partial charge < -0.3 is 10.1 Å². The highest BCUT2D eigenvalue weighted by Gasteiger charge is 2.19. The predicted octanol–water partition coefficient (Wildman–Crippen LogP) is 4.17. The zero-order valence-corrected chi connectivity index (χ0v) is 12.9. The fourth-order valence-corrected chi connectivity index (χ4v) is 3.10. The molecule has 2 nitrogen and oxygen atoms in total. The molecular weight excluding hydrogens is 258 g/mol. The zero-order chi connectivity index (χ0) is 14.7. The third kappa shape index (κ3) is 3.11. The minimum absolute atomic E-state index is 0.468. The van der Waals surface area contributed by atoms with Gasteiger partial charge in [-0.15, -0.1) is 0 Å². The van der Waals surface area contributed by atoms with Crippen LogP contribution in [0.15, 0.2) is 42.5 Å². The molecule has 0 spiro atoms. The van der Waals surface area contributed by atoms with Crippen LogP contribution in [0.4, 0.5) is 0 Å². The number of nitrogens with one attached hydrogen (secondary N) is 1. The van der Waals surface area contributed by atoms with Crippen molar-refractivity contribution < 1.29 is 4.74 Å². The molecule has 1 unspecified atom stereocenters. The summed E-state index contributed by atoms with van der Waals surface area (Å²) in [4.78, 5) is 0. The molecule has 0 saturated carbocycles. The van der Waals surface area contributed by atoms with Crippen LogP contribution in [0.2, 0.25) is 0 Å². The van der Waals surface area contributed by atoms with Crippen molar-refractivity contribution >= 4 is 0 Å². The molecule has 1 N–H and O–H groups in total. The maximum atomic E-state index is 6.00. The first-order valence-corrected chi connectivity index (χ1v) is 7.75. The van der Waals surface area contributed by atoms with Crippen LogP contribution in [0, 0.1) is 6.92 Å². The summed E-state index contributed by atoms with van der Waals surface area (Å²) in [6, 6.07) is 15.4. The van der Waals surface area contributed by atoms with E-state index in [9.17, 15) is 0 Å². The second-order valence-electron chi connectivity index (χ2n) is 5.81. The van der Waals surface area contributed by atoms with Gasteiger partial charge >= 0.3 is 0 Å². The second-order valence-corrected chi connectivity index (χ2v) is 5.81. The van der Waals surface area contributed by atoms with Gasteiger partial charge in [0.2, 0.25) is 0 Å². The summed E-state index contributed by atoms with van der Waals surface area (Å²) in [5, 5.41) is 3.41. The molecule has 110 valence electrons. The molecule has 0 bridgehead atoms. The number of rotatable bonds is 4. The molecule has 1 aliphatic rings. The smallest absolute Gasteiger partial charge is 0.120 e. The number of fused-ring (bicyclic) bond motifs is 1. The van der Waals surface area contributed by atoms with E-state index in [0.717, 1.165) is 5.75 Å². The Labute approximate surface area is 127 Å². The number of aryl methyl sites for hydroxylation is 2. The van der Waals surface area contributed by atoms with Crippen LogP contribution in [0.1, 0.15) is 41.1 Å². The van der Waals surface area contributed by atoms with Gasteiger partial charge in [0, 0.05) is 6.04 Å². The first-order chi connectivity index (χ1) is 10.3. The third-order valence-electron chi connectivity index (χ3n) is 4.44. The van der Waals surface area contributed by atoms with E-state index < -0.39 is 0 Å². The maximum Gasteiger partial charge on any atom is 0.120 e. The Morgan fingerprint density at radius 2 is 2.05 bits per heavy atom. The predicted molar refractivity (Wildman–Crippen MR) is 86.7 cm³/mol. The molecule has 21 heavy (non-hydrogen) atoms. The van der Waals surface area contributed by atoms with E-state index in [1.54, 1.807) is 0 Å². The normalized spacial score (nSPS) is 17.3. The molecule has 0 saturated heterocycles. The van der Waals surface area contributed by atoms with Crippen LogP contribution in [-0.2, 0) is 13.0 Å². The first-order valence-electron chi connectivity index (χ1n) is 7.75. The molecule has 2 aromatic carbocycles. The van der Waals surface area contributed by atoms with Crippen LogP contribution < -0.4 is 10.1 Å². The molecule has 0 aromatic heterocycles. The lowest BCUT2D eigenvalue weighted by Gasteiger charge is -2.25. The van der Waals surface area contributed by atoms with Crippen LogP contribution in [0.3, 0.4) is 0 Å². The van der Waals surface area contributed by atoms with Crippen molar-refractivity contribution in [3.8, 4) is 5.75 Å². The summed E-state index contributed by atoms with van der Waals surface area (Å²) in [5.41, 5.74) is 5.40. The van der Waals surface area contributed by atoms with E-state index >= 15 is 0 Å². The Bertz CT molecular complexity index is 621. The second kappa shape index (κ2) is 6.31. The van der Waals surface area contributed by atoms with Gasteiger partial charge in [-0.1, -0.05) is 30.3 Å². The maximum absolute atomic E-state index is 6.00. The quantitative estimate of drug-likeness (QED) is 0.908. The van der Waals surface area contributed by atoms with Crippen molar-refractivity contribution in [1.82, 2.24) is 5.32 Å². The van der Waals surface area contributed by atoms with Crippen molar-refractivity contribution in [3.05, 3.63) is 64.7 Å².